The first-order valence-corrected chi connectivity index (χ1v) is 9.89. The highest BCUT2D eigenvalue weighted by atomic mass is 32.2. The number of aryl methyl sites for hydroxylation is 1. The van der Waals surface area contributed by atoms with Gasteiger partial charge in [0.1, 0.15) is 5.01 Å². The highest BCUT2D eigenvalue weighted by molar-refractivity contribution is 7.98. The summed E-state index contributed by atoms with van der Waals surface area (Å²) in [6.07, 6.45) is 5.26. The van der Waals surface area contributed by atoms with Crippen LogP contribution in [0.3, 0.4) is 0 Å². The fraction of sp³-hybridized carbons (Fsp3) is 0.176. The van der Waals surface area contributed by atoms with E-state index in [-0.39, 0.29) is 5.56 Å². The number of thioether (sulfide) groups is 1. The molecule has 0 fully saturated rings. The van der Waals surface area contributed by atoms with E-state index in [4.69, 9.17) is 0 Å². The second-order valence-corrected chi connectivity index (χ2v) is 7.64. The van der Waals surface area contributed by atoms with E-state index in [1.54, 1.807) is 19.3 Å². The molecule has 0 aliphatic heterocycles. The van der Waals surface area contributed by atoms with E-state index in [2.05, 4.69) is 31.8 Å². The molecule has 136 valence electrons. The molecule has 4 aromatic rings. The summed E-state index contributed by atoms with van der Waals surface area (Å²) in [4.78, 5) is 21.0. The molecular weight excluding hydrogens is 382 g/mol. The Morgan fingerprint density at radius 1 is 1.30 bits per heavy atom. The average molecular weight is 397 g/mol. The van der Waals surface area contributed by atoms with Crippen molar-refractivity contribution in [3.63, 3.8) is 0 Å². The Kier molecular flexibility index (Phi) is 4.82. The van der Waals surface area contributed by atoms with Gasteiger partial charge in [-0.15, -0.1) is 16.8 Å². The zero-order valence-electron chi connectivity index (χ0n) is 14.4. The molecule has 0 aromatic carbocycles. The maximum atomic E-state index is 12.0. The minimum atomic E-state index is -0.167. The number of rotatable bonds is 6. The first-order chi connectivity index (χ1) is 13.2. The molecule has 0 spiro atoms. The van der Waals surface area contributed by atoms with Crippen molar-refractivity contribution in [1.82, 2.24) is 34.3 Å². The standard InChI is InChI=1S/C17H15N7OS2/c1-3-8-23-15(12-4-6-18-7-5-12)20-21-17(23)26-10-13-22-24-14(25)9-11(2)19-16(24)27-13/h3-7,9H,1,8,10H2,2H3. The lowest BCUT2D eigenvalue weighted by Gasteiger charge is -2.06. The van der Waals surface area contributed by atoms with Crippen LogP contribution in [0.15, 0.2) is 53.2 Å². The van der Waals surface area contributed by atoms with E-state index < -0.39 is 0 Å². The smallest absolute Gasteiger partial charge is 0.275 e. The SMILES string of the molecule is C=CCn1c(SCc2nn3c(=O)cc(C)nc3s2)nnc1-c1ccncc1. The molecule has 27 heavy (non-hydrogen) atoms. The van der Waals surface area contributed by atoms with E-state index in [1.165, 1.54) is 33.7 Å². The van der Waals surface area contributed by atoms with Gasteiger partial charge in [0, 0.05) is 36.3 Å². The summed E-state index contributed by atoms with van der Waals surface area (Å²) in [5.74, 6) is 1.33. The van der Waals surface area contributed by atoms with Crippen LogP contribution in [-0.4, -0.2) is 34.3 Å². The van der Waals surface area contributed by atoms with E-state index in [9.17, 15) is 4.79 Å². The molecule has 0 aliphatic carbocycles. The van der Waals surface area contributed by atoms with Crippen LogP contribution in [0, 0.1) is 6.92 Å². The van der Waals surface area contributed by atoms with Gasteiger partial charge < -0.3 is 0 Å². The molecular formula is C17H15N7OS2. The van der Waals surface area contributed by atoms with Gasteiger partial charge >= 0.3 is 0 Å². The third-order valence-electron chi connectivity index (χ3n) is 3.71. The van der Waals surface area contributed by atoms with Crippen molar-refractivity contribution >= 4 is 28.1 Å². The van der Waals surface area contributed by atoms with E-state index in [1.807, 2.05) is 22.8 Å². The molecule has 0 saturated carbocycles. The van der Waals surface area contributed by atoms with Gasteiger partial charge in [0.15, 0.2) is 11.0 Å². The summed E-state index contributed by atoms with van der Waals surface area (Å²) in [6.45, 7) is 6.21. The molecule has 4 aromatic heterocycles. The second kappa shape index (κ2) is 7.41. The zero-order valence-corrected chi connectivity index (χ0v) is 16.1. The molecule has 4 rings (SSSR count). The number of nitrogens with zero attached hydrogens (tertiary/aromatic N) is 7. The minimum Gasteiger partial charge on any atom is -0.298 e. The van der Waals surface area contributed by atoms with Gasteiger partial charge in [0.2, 0.25) is 4.96 Å². The number of pyridine rings is 1. The van der Waals surface area contributed by atoms with Gasteiger partial charge in [-0.2, -0.15) is 9.61 Å². The molecule has 0 bridgehead atoms. The summed E-state index contributed by atoms with van der Waals surface area (Å²) in [5.41, 5.74) is 1.47. The van der Waals surface area contributed by atoms with Crippen LogP contribution in [0.5, 0.6) is 0 Å². The predicted molar refractivity (Wildman–Crippen MR) is 105 cm³/mol. The maximum absolute atomic E-state index is 12.0. The topological polar surface area (TPSA) is 90.9 Å². The van der Waals surface area contributed by atoms with Crippen LogP contribution >= 0.6 is 23.1 Å². The third-order valence-corrected chi connectivity index (χ3v) is 5.78. The molecule has 4 heterocycles. The molecule has 8 nitrogen and oxygen atoms in total. The monoisotopic (exact) mass is 397 g/mol. The molecule has 0 aliphatic rings. The Morgan fingerprint density at radius 2 is 2.11 bits per heavy atom. The van der Waals surface area contributed by atoms with Gasteiger partial charge in [-0.3, -0.25) is 14.3 Å². The van der Waals surface area contributed by atoms with Crippen molar-refractivity contribution in [3.05, 3.63) is 64.3 Å². The van der Waals surface area contributed by atoms with Crippen LogP contribution in [0.1, 0.15) is 10.7 Å². The Labute approximate surface area is 162 Å². The molecule has 0 radical (unpaired) electrons. The number of allylic oxidation sites excluding steroid dienone is 1. The molecule has 0 N–H and O–H groups in total. The Morgan fingerprint density at radius 3 is 2.89 bits per heavy atom. The highest BCUT2D eigenvalue weighted by Crippen LogP contribution is 2.27. The van der Waals surface area contributed by atoms with Crippen LogP contribution in [0.4, 0.5) is 0 Å². The van der Waals surface area contributed by atoms with Crippen molar-refractivity contribution in [2.45, 2.75) is 24.4 Å². The molecule has 10 heteroatoms. The summed E-state index contributed by atoms with van der Waals surface area (Å²) in [5, 5.41) is 14.6. The fourth-order valence-corrected chi connectivity index (χ4v) is 4.43. The van der Waals surface area contributed by atoms with E-state index in [0.717, 1.165) is 21.6 Å². The number of hydrogen-bond donors (Lipinski definition) is 0. The number of hydrogen-bond acceptors (Lipinski definition) is 8. The van der Waals surface area contributed by atoms with Crippen molar-refractivity contribution in [3.8, 4) is 11.4 Å². The maximum Gasteiger partial charge on any atom is 0.275 e. The molecule has 0 unspecified atom stereocenters. The second-order valence-electron chi connectivity index (χ2n) is 5.66. The Bertz CT molecular complexity index is 1160. The third kappa shape index (κ3) is 3.53. The minimum absolute atomic E-state index is 0.167. The summed E-state index contributed by atoms with van der Waals surface area (Å²) in [6, 6.07) is 5.27. The predicted octanol–water partition coefficient (Wildman–Crippen LogP) is 2.59. The number of aromatic nitrogens is 7. The van der Waals surface area contributed by atoms with Gasteiger partial charge in [0.05, 0.1) is 5.75 Å². The fourth-order valence-electron chi connectivity index (χ4n) is 2.55. The van der Waals surface area contributed by atoms with Gasteiger partial charge in [-0.05, 0) is 19.1 Å². The summed E-state index contributed by atoms with van der Waals surface area (Å²) in [7, 11) is 0. The highest BCUT2D eigenvalue weighted by Gasteiger charge is 2.15. The quantitative estimate of drug-likeness (QED) is 0.365. The van der Waals surface area contributed by atoms with Crippen LogP contribution in [0.2, 0.25) is 0 Å². The lowest BCUT2D eigenvalue weighted by Crippen LogP contribution is -2.14. The first-order valence-electron chi connectivity index (χ1n) is 8.09. The van der Waals surface area contributed by atoms with Crippen LogP contribution in [0.25, 0.3) is 16.3 Å². The van der Waals surface area contributed by atoms with Crippen molar-refractivity contribution in [2.75, 3.05) is 0 Å². The Balaban J connectivity index is 1.61. The summed E-state index contributed by atoms with van der Waals surface area (Å²) >= 11 is 2.91. The van der Waals surface area contributed by atoms with E-state index in [0.29, 0.717) is 23.0 Å². The average Bonchev–Trinajstić information content (AvgIpc) is 3.25. The van der Waals surface area contributed by atoms with Gasteiger partial charge in [-0.1, -0.05) is 29.2 Å². The van der Waals surface area contributed by atoms with E-state index >= 15 is 0 Å². The van der Waals surface area contributed by atoms with Crippen LogP contribution < -0.4 is 5.56 Å². The normalized spacial score (nSPS) is 11.1. The van der Waals surface area contributed by atoms with Crippen molar-refractivity contribution in [2.24, 2.45) is 0 Å². The molecule has 0 saturated heterocycles. The Hall–Kier alpha value is -2.85. The first kappa shape index (κ1) is 17.6. The molecule has 0 atom stereocenters. The van der Waals surface area contributed by atoms with Crippen LogP contribution in [-0.2, 0) is 12.3 Å². The van der Waals surface area contributed by atoms with Gasteiger partial charge in [-0.25, -0.2) is 4.98 Å². The lowest BCUT2D eigenvalue weighted by atomic mass is 10.2. The molecule has 0 amide bonds. The van der Waals surface area contributed by atoms with Crippen molar-refractivity contribution in [1.29, 1.82) is 0 Å². The largest absolute Gasteiger partial charge is 0.298 e. The van der Waals surface area contributed by atoms with Crippen molar-refractivity contribution < 1.29 is 0 Å². The number of fused-ring (bicyclic) bond motifs is 1. The lowest BCUT2D eigenvalue weighted by molar-refractivity contribution is 0.730. The van der Waals surface area contributed by atoms with Gasteiger partial charge in [0.25, 0.3) is 5.56 Å². The zero-order chi connectivity index (χ0) is 18.8. The summed E-state index contributed by atoms with van der Waals surface area (Å²) < 4.78 is 3.33.